The van der Waals surface area contributed by atoms with Crippen LogP contribution in [0.4, 0.5) is 5.69 Å². The van der Waals surface area contributed by atoms with E-state index in [-0.39, 0.29) is 12.5 Å². The second kappa shape index (κ2) is 5.24. The van der Waals surface area contributed by atoms with Crippen molar-refractivity contribution in [3.63, 3.8) is 0 Å². The van der Waals surface area contributed by atoms with E-state index in [4.69, 9.17) is 10.5 Å². The molecule has 0 saturated carbocycles. The quantitative estimate of drug-likeness (QED) is 0.726. The Bertz CT molecular complexity index is 313. The maximum absolute atomic E-state index is 10.6. The average molecular weight is 194 g/mol. The molecule has 0 radical (unpaired) electrons. The van der Waals surface area contributed by atoms with Gasteiger partial charge in [0.2, 0.25) is 5.91 Å². The zero-order valence-corrected chi connectivity index (χ0v) is 8.12. The molecule has 1 amide bonds. The zero-order chi connectivity index (χ0) is 10.4. The lowest BCUT2D eigenvalue weighted by Crippen LogP contribution is -2.22. The van der Waals surface area contributed by atoms with E-state index in [1.807, 2.05) is 24.3 Å². The minimum Gasteiger partial charge on any atom is -0.380 e. The van der Waals surface area contributed by atoms with Crippen LogP contribution in [0.15, 0.2) is 24.3 Å². The summed E-state index contributed by atoms with van der Waals surface area (Å²) < 4.78 is 5.02. The zero-order valence-electron chi connectivity index (χ0n) is 8.12. The van der Waals surface area contributed by atoms with Crippen molar-refractivity contribution < 1.29 is 9.53 Å². The summed E-state index contributed by atoms with van der Waals surface area (Å²) in [5.41, 5.74) is 6.92. The minimum absolute atomic E-state index is 0.140. The van der Waals surface area contributed by atoms with Crippen molar-refractivity contribution in [3.8, 4) is 0 Å². The SMILES string of the molecule is COCc1ccccc1NCC(N)=O. The Hall–Kier alpha value is -1.55. The van der Waals surface area contributed by atoms with Crippen molar-refractivity contribution in [2.45, 2.75) is 6.61 Å². The Morgan fingerprint density at radius 2 is 2.21 bits per heavy atom. The lowest BCUT2D eigenvalue weighted by molar-refractivity contribution is -0.116. The topological polar surface area (TPSA) is 64.3 Å². The number of methoxy groups -OCH3 is 1. The molecule has 0 atom stereocenters. The summed E-state index contributed by atoms with van der Waals surface area (Å²) in [6.07, 6.45) is 0. The molecule has 0 aromatic heterocycles. The minimum atomic E-state index is -0.378. The number of benzene rings is 1. The Labute approximate surface area is 83.1 Å². The molecule has 0 spiro atoms. The third kappa shape index (κ3) is 3.06. The second-order valence-corrected chi connectivity index (χ2v) is 2.91. The van der Waals surface area contributed by atoms with Crippen LogP contribution in [-0.4, -0.2) is 19.6 Å². The maximum Gasteiger partial charge on any atom is 0.236 e. The third-order valence-electron chi connectivity index (χ3n) is 1.77. The lowest BCUT2D eigenvalue weighted by atomic mass is 10.2. The number of para-hydroxylation sites is 1. The van der Waals surface area contributed by atoms with Gasteiger partial charge in [0.1, 0.15) is 0 Å². The predicted octanol–water partition coefficient (Wildman–Crippen LogP) is 0.730. The highest BCUT2D eigenvalue weighted by atomic mass is 16.5. The van der Waals surface area contributed by atoms with Crippen LogP contribution in [0.25, 0.3) is 0 Å². The molecule has 4 nitrogen and oxygen atoms in total. The van der Waals surface area contributed by atoms with Gasteiger partial charge in [-0.15, -0.1) is 0 Å². The number of carbonyl (C=O) groups excluding carboxylic acids is 1. The Morgan fingerprint density at radius 3 is 2.86 bits per heavy atom. The summed E-state index contributed by atoms with van der Waals surface area (Å²) in [5.74, 6) is -0.378. The van der Waals surface area contributed by atoms with Gasteiger partial charge < -0.3 is 15.8 Å². The first-order valence-corrected chi connectivity index (χ1v) is 4.33. The van der Waals surface area contributed by atoms with E-state index < -0.39 is 0 Å². The fourth-order valence-corrected chi connectivity index (χ4v) is 1.16. The number of rotatable bonds is 5. The molecule has 0 aliphatic rings. The molecular weight excluding hydrogens is 180 g/mol. The number of anilines is 1. The molecular formula is C10H14N2O2. The van der Waals surface area contributed by atoms with Crippen molar-refractivity contribution in [1.82, 2.24) is 0 Å². The molecule has 4 heteroatoms. The molecule has 0 aliphatic heterocycles. The molecule has 1 aromatic rings. The number of amides is 1. The van der Waals surface area contributed by atoms with E-state index in [1.165, 1.54) is 0 Å². The molecule has 1 aromatic carbocycles. The van der Waals surface area contributed by atoms with Gasteiger partial charge in [0.05, 0.1) is 13.2 Å². The van der Waals surface area contributed by atoms with Crippen molar-refractivity contribution in [2.24, 2.45) is 5.73 Å². The Balaban J connectivity index is 2.68. The second-order valence-electron chi connectivity index (χ2n) is 2.91. The van der Waals surface area contributed by atoms with Crippen LogP contribution in [0.5, 0.6) is 0 Å². The molecule has 1 rings (SSSR count). The van der Waals surface area contributed by atoms with Gasteiger partial charge in [-0.25, -0.2) is 0 Å². The van der Waals surface area contributed by atoms with Crippen LogP contribution >= 0.6 is 0 Å². The van der Waals surface area contributed by atoms with Gasteiger partial charge in [0.25, 0.3) is 0 Å². The summed E-state index contributed by atoms with van der Waals surface area (Å²) in [6, 6.07) is 7.64. The first-order chi connectivity index (χ1) is 6.74. The van der Waals surface area contributed by atoms with Gasteiger partial charge in [-0.05, 0) is 6.07 Å². The summed E-state index contributed by atoms with van der Waals surface area (Å²) in [6.45, 7) is 0.655. The highest BCUT2D eigenvalue weighted by Crippen LogP contribution is 2.14. The fourth-order valence-electron chi connectivity index (χ4n) is 1.16. The number of nitrogens with two attached hydrogens (primary N) is 1. The van der Waals surface area contributed by atoms with E-state index in [0.29, 0.717) is 6.61 Å². The number of primary amides is 1. The van der Waals surface area contributed by atoms with Gasteiger partial charge in [-0.2, -0.15) is 0 Å². The van der Waals surface area contributed by atoms with Crippen LogP contribution in [0.2, 0.25) is 0 Å². The lowest BCUT2D eigenvalue weighted by Gasteiger charge is -2.09. The molecule has 0 fully saturated rings. The Kier molecular flexibility index (Phi) is 3.94. The van der Waals surface area contributed by atoms with Crippen LogP contribution < -0.4 is 11.1 Å². The monoisotopic (exact) mass is 194 g/mol. The normalized spacial score (nSPS) is 9.79. The van der Waals surface area contributed by atoms with Crippen LogP contribution in [-0.2, 0) is 16.1 Å². The van der Waals surface area contributed by atoms with Crippen molar-refractivity contribution in [2.75, 3.05) is 19.0 Å². The van der Waals surface area contributed by atoms with Crippen molar-refractivity contribution in [3.05, 3.63) is 29.8 Å². The summed E-state index contributed by atoms with van der Waals surface area (Å²) in [4.78, 5) is 10.6. The van der Waals surface area contributed by atoms with E-state index in [1.54, 1.807) is 7.11 Å². The molecule has 14 heavy (non-hydrogen) atoms. The molecule has 3 N–H and O–H groups in total. The highest BCUT2D eigenvalue weighted by molar-refractivity contribution is 5.79. The molecule has 0 saturated heterocycles. The van der Waals surface area contributed by atoms with Gasteiger partial charge in [0, 0.05) is 18.4 Å². The molecule has 76 valence electrons. The van der Waals surface area contributed by atoms with Crippen molar-refractivity contribution in [1.29, 1.82) is 0 Å². The molecule has 0 bridgehead atoms. The standard InChI is InChI=1S/C10H14N2O2/c1-14-7-8-4-2-3-5-9(8)12-6-10(11)13/h2-5,12H,6-7H2,1H3,(H2,11,13). The number of hydrogen-bond donors (Lipinski definition) is 2. The maximum atomic E-state index is 10.6. The fraction of sp³-hybridized carbons (Fsp3) is 0.300. The number of carbonyl (C=O) groups is 1. The summed E-state index contributed by atoms with van der Waals surface area (Å²) in [5, 5.41) is 2.94. The van der Waals surface area contributed by atoms with Gasteiger partial charge >= 0.3 is 0 Å². The smallest absolute Gasteiger partial charge is 0.236 e. The van der Waals surface area contributed by atoms with E-state index in [2.05, 4.69) is 5.32 Å². The van der Waals surface area contributed by atoms with Crippen molar-refractivity contribution >= 4 is 11.6 Å². The summed E-state index contributed by atoms with van der Waals surface area (Å²) >= 11 is 0. The largest absolute Gasteiger partial charge is 0.380 e. The van der Waals surface area contributed by atoms with E-state index in [9.17, 15) is 4.79 Å². The van der Waals surface area contributed by atoms with Gasteiger partial charge in [-0.1, -0.05) is 18.2 Å². The van der Waals surface area contributed by atoms with E-state index >= 15 is 0 Å². The average Bonchev–Trinajstić information content (AvgIpc) is 2.17. The van der Waals surface area contributed by atoms with E-state index in [0.717, 1.165) is 11.3 Å². The Morgan fingerprint density at radius 1 is 1.50 bits per heavy atom. The number of ether oxygens (including phenoxy) is 1. The van der Waals surface area contributed by atoms with Gasteiger partial charge in [0.15, 0.2) is 0 Å². The predicted molar refractivity (Wildman–Crippen MR) is 54.8 cm³/mol. The first kappa shape index (κ1) is 10.5. The van der Waals surface area contributed by atoms with Crippen LogP contribution in [0, 0.1) is 0 Å². The number of nitrogens with one attached hydrogen (secondary N) is 1. The highest BCUT2D eigenvalue weighted by Gasteiger charge is 2.01. The molecule has 0 aliphatic carbocycles. The third-order valence-corrected chi connectivity index (χ3v) is 1.77. The van der Waals surface area contributed by atoms with Crippen LogP contribution in [0.3, 0.4) is 0 Å². The summed E-state index contributed by atoms with van der Waals surface area (Å²) in [7, 11) is 1.63. The van der Waals surface area contributed by atoms with Crippen LogP contribution in [0.1, 0.15) is 5.56 Å². The first-order valence-electron chi connectivity index (χ1n) is 4.33. The van der Waals surface area contributed by atoms with Gasteiger partial charge in [-0.3, -0.25) is 4.79 Å². The molecule has 0 heterocycles. The molecule has 0 unspecified atom stereocenters. The number of hydrogen-bond acceptors (Lipinski definition) is 3.